The van der Waals surface area contributed by atoms with E-state index in [-0.39, 0.29) is 11.6 Å². The molecular formula is C13H14N4O5. The molecule has 2 heterocycles. The molecule has 9 nitrogen and oxygen atoms in total. The van der Waals surface area contributed by atoms with E-state index >= 15 is 0 Å². The number of pyridine rings is 1. The smallest absolute Gasteiger partial charge is 0.414 e. The first kappa shape index (κ1) is 15.4. The van der Waals surface area contributed by atoms with Gasteiger partial charge in [-0.1, -0.05) is 0 Å². The average Bonchev–Trinajstić information content (AvgIpc) is 2.34. The third-order valence-corrected chi connectivity index (χ3v) is 2.44. The fourth-order valence-corrected chi connectivity index (χ4v) is 1.61. The number of aromatic carboxylic acids is 1. The van der Waals surface area contributed by atoms with Crippen molar-refractivity contribution in [1.29, 1.82) is 0 Å². The lowest BCUT2D eigenvalue weighted by Crippen LogP contribution is -2.28. The summed E-state index contributed by atoms with van der Waals surface area (Å²) in [5.74, 6) is -1.42. The quantitative estimate of drug-likeness (QED) is 0.762. The van der Waals surface area contributed by atoms with Crippen molar-refractivity contribution in [2.45, 2.75) is 26.4 Å². The van der Waals surface area contributed by atoms with Crippen LogP contribution in [0.4, 0.5) is 10.7 Å². The molecule has 0 bridgehead atoms. The summed E-state index contributed by atoms with van der Waals surface area (Å²) in [7, 11) is 0. The Bertz CT molecular complexity index is 806. The molecule has 0 spiro atoms. The maximum atomic E-state index is 11.6. The summed E-state index contributed by atoms with van der Waals surface area (Å²) >= 11 is 0. The van der Waals surface area contributed by atoms with Crippen LogP contribution < -0.4 is 10.9 Å². The van der Waals surface area contributed by atoms with E-state index in [1.54, 1.807) is 20.8 Å². The van der Waals surface area contributed by atoms with Crippen molar-refractivity contribution in [3.63, 3.8) is 0 Å². The molecule has 0 aliphatic rings. The molecule has 0 aliphatic carbocycles. The third-order valence-electron chi connectivity index (χ3n) is 2.44. The Morgan fingerprint density at radius 1 is 1.36 bits per heavy atom. The van der Waals surface area contributed by atoms with Crippen LogP contribution in [0, 0.1) is 0 Å². The molecule has 2 aromatic heterocycles. The van der Waals surface area contributed by atoms with Crippen LogP contribution in [0.25, 0.3) is 11.0 Å². The van der Waals surface area contributed by atoms with Gasteiger partial charge in [-0.05, 0) is 26.8 Å². The van der Waals surface area contributed by atoms with Crippen molar-refractivity contribution in [1.82, 2.24) is 15.0 Å². The number of amides is 1. The first-order valence-electron chi connectivity index (χ1n) is 6.29. The zero-order chi connectivity index (χ0) is 16.5. The third kappa shape index (κ3) is 3.57. The summed E-state index contributed by atoms with van der Waals surface area (Å²) in [5.41, 5.74) is -1.77. The topological polar surface area (TPSA) is 134 Å². The van der Waals surface area contributed by atoms with Crippen LogP contribution in [0.15, 0.2) is 17.1 Å². The van der Waals surface area contributed by atoms with Crippen LogP contribution in [0.5, 0.6) is 0 Å². The minimum Gasteiger partial charge on any atom is -0.477 e. The van der Waals surface area contributed by atoms with E-state index in [9.17, 15) is 14.4 Å². The van der Waals surface area contributed by atoms with Gasteiger partial charge in [0.05, 0.1) is 0 Å². The molecule has 2 aromatic rings. The lowest BCUT2D eigenvalue weighted by atomic mass is 10.2. The lowest BCUT2D eigenvalue weighted by Gasteiger charge is -2.19. The van der Waals surface area contributed by atoms with Crippen LogP contribution in [-0.4, -0.2) is 37.7 Å². The molecule has 22 heavy (non-hydrogen) atoms. The number of aromatic amines is 1. The van der Waals surface area contributed by atoms with Gasteiger partial charge in [-0.2, -0.15) is 4.98 Å². The van der Waals surface area contributed by atoms with Crippen molar-refractivity contribution in [2.24, 2.45) is 0 Å². The lowest BCUT2D eigenvalue weighted by molar-refractivity contribution is 0.0633. The Morgan fingerprint density at radius 3 is 2.64 bits per heavy atom. The second-order valence-electron chi connectivity index (χ2n) is 5.44. The maximum absolute atomic E-state index is 11.6. The van der Waals surface area contributed by atoms with E-state index in [2.05, 4.69) is 20.3 Å². The molecule has 0 atom stereocenters. The molecule has 0 radical (unpaired) electrons. The molecule has 2 rings (SSSR count). The standard InChI is InChI=1S/C13H14N4O5/c1-13(2,3)22-12(21)17-11-14-5-6-4-7(10(19)20)9(18)15-8(6)16-11/h4-5H,1-3H3,(H,19,20)(H2,14,15,16,17,18,21). The molecule has 0 fully saturated rings. The first-order valence-corrected chi connectivity index (χ1v) is 6.29. The molecule has 1 amide bonds. The van der Waals surface area contributed by atoms with Gasteiger partial charge in [0.1, 0.15) is 16.8 Å². The molecule has 3 N–H and O–H groups in total. The largest absolute Gasteiger partial charge is 0.477 e. The Kier molecular flexibility index (Phi) is 3.81. The summed E-state index contributed by atoms with van der Waals surface area (Å²) in [4.78, 5) is 44.2. The number of hydrogen-bond acceptors (Lipinski definition) is 6. The molecule has 0 aliphatic heterocycles. The van der Waals surface area contributed by atoms with E-state index in [1.165, 1.54) is 6.20 Å². The number of rotatable bonds is 2. The second kappa shape index (κ2) is 5.43. The minimum absolute atomic E-state index is 0.0690. The van der Waals surface area contributed by atoms with Crippen molar-refractivity contribution in [3.05, 3.63) is 28.2 Å². The average molecular weight is 306 g/mol. The summed E-state index contributed by atoms with van der Waals surface area (Å²) in [6.07, 6.45) is 0.550. The number of nitrogens with zero attached hydrogens (tertiary/aromatic N) is 2. The Labute approximate surface area is 124 Å². The summed E-state index contributed by atoms with van der Waals surface area (Å²) in [5, 5.41) is 11.5. The molecule has 0 aromatic carbocycles. The van der Waals surface area contributed by atoms with E-state index in [4.69, 9.17) is 9.84 Å². The zero-order valence-electron chi connectivity index (χ0n) is 12.1. The number of carbonyl (C=O) groups is 2. The summed E-state index contributed by atoms with van der Waals surface area (Å²) in [6, 6.07) is 1.16. The van der Waals surface area contributed by atoms with E-state index in [1.807, 2.05) is 0 Å². The van der Waals surface area contributed by atoms with Crippen LogP contribution >= 0.6 is 0 Å². The second-order valence-corrected chi connectivity index (χ2v) is 5.44. The highest BCUT2D eigenvalue weighted by Crippen LogP contribution is 2.12. The molecule has 116 valence electrons. The highest BCUT2D eigenvalue weighted by molar-refractivity contribution is 5.91. The fourth-order valence-electron chi connectivity index (χ4n) is 1.61. The minimum atomic E-state index is -1.35. The van der Waals surface area contributed by atoms with Crippen LogP contribution in [0.1, 0.15) is 31.1 Å². The van der Waals surface area contributed by atoms with Gasteiger partial charge < -0.3 is 14.8 Å². The number of nitrogens with one attached hydrogen (secondary N) is 2. The van der Waals surface area contributed by atoms with Crippen molar-refractivity contribution < 1.29 is 19.4 Å². The van der Waals surface area contributed by atoms with Crippen LogP contribution in [0.2, 0.25) is 0 Å². The number of fused-ring (bicyclic) bond motifs is 1. The van der Waals surface area contributed by atoms with E-state index < -0.39 is 28.8 Å². The monoisotopic (exact) mass is 306 g/mol. The Hall–Kier alpha value is -2.97. The van der Waals surface area contributed by atoms with Gasteiger partial charge in [-0.15, -0.1) is 0 Å². The number of anilines is 1. The highest BCUT2D eigenvalue weighted by atomic mass is 16.6. The first-order chi connectivity index (χ1) is 10.2. The molecule has 0 saturated carbocycles. The van der Waals surface area contributed by atoms with E-state index in [0.29, 0.717) is 5.39 Å². The molecule has 9 heteroatoms. The molecule has 0 unspecified atom stereocenters. The number of carboxylic acids is 1. The van der Waals surface area contributed by atoms with Gasteiger partial charge in [0.15, 0.2) is 0 Å². The number of ether oxygens (including phenoxy) is 1. The molecular weight excluding hydrogens is 292 g/mol. The number of aromatic nitrogens is 3. The van der Waals surface area contributed by atoms with Crippen molar-refractivity contribution in [2.75, 3.05) is 5.32 Å². The number of carboxylic acid groups (broad SMARTS) is 1. The van der Waals surface area contributed by atoms with Crippen LogP contribution in [-0.2, 0) is 4.74 Å². The summed E-state index contributed by atoms with van der Waals surface area (Å²) < 4.78 is 5.05. The predicted octanol–water partition coefficient (Wildman–Crippen LogP) is 1.36. The number of hydrogen-bond donors (Lipinski definition) is 3. The maximum Gasteiger partial charge on any atom is 0.414 e. The van der Waals surface area contributed by atoms with Crippen molar-refractivity contribution in [3.8, 4) is 0 Å². The van der Waals surface area contributed by atoms with Gasteiger partial charge in [0.2, 0.25) is 5.95 Å². The van der Waals surface area contributed by atoms with Gasteiger partial charge in [-0.3, -0.25) is 10.1 Å². The summed E-state index contributed by atoms with van der Waals surface area (Å²) in [6.45, 7) is 5.12. The zero-order valence-corrected chi connectivity index (χ0v) is 12.1. The Morgan fingerprint density at radius 2 is 2.05 bits per heavy atom. The Balaban J connectivity index is 2.31. The van der Waals surface area contributed by atoms with Gasteiger partial charge in [0.25, 0.3) is 5.56 Å². The van der Waals surface area contributed by atoms with Gasteiger partial charge in [-0.25, -0.2) is 14.6 Å². The van der Waals surface area contributed by atoms with Crippen molar-refractivity contribution >= 4 is 29.0 Å². The van der Waals surface area contributed by atoms with Gasteiger partial charge >= 0.3 is 12.1 Å². The SMILES string of the molecule is CC(C)(C)OC(=O)Nc1ncc2cc(C(=O)O)c(=O)[nH]c2n1. The molecule has 0 saturated heterocycles. The van der Waals surface area contributed by atoms with Crippen LogP contribution in [0.3, 0.4) is 0 Å². The van der Waals surface area contributed by atoms with Gasteiger partial charge in [0, 0.05) is 11.6 Å². The fraction of sp³-hybridized carbons (Fsp3) is 0.308. The number of carbonyl (C=O) groups excluding carboxylic acids is 1. The number of H-pyrrole nitrogens is 1. The highest BCUT2D eigenvalue weighted by Gasteiger charge is 2.17. The predicted molar refractivity (Wildman–Crippen MR) is 77.0 cm³/mol. The van der Waals surface area contributed by atoms with E-state index in [0.717, 1.165) is 6.07 Å². The normalized spacial score (nSPS) is 11.2.